The summed E-state index contributed by atoms with van der Waals surface area (Å²) in [6.07, 6.45) is 5.05. The van der Waals surface area contributed by atoms with Crippen molar-refractivity contribution in [3.8, 4) is 0 Å². The van der Waals surface area contributed by atoms with E-state index in [1.165, 1.54) is 25.0 Å². The van der Waals surface area contributed by atoms with Gasteiger partial charge < -0.3 is 10.6 Å². The molecule has 6 heteroatoms. The maximum atomic E-state index is 13.6. The molecule has 0 aliphatic carbocycles. The third-order valence-electron chi connectivity index (χ3n) is 4.93. The highest BCUT2D eigenvalue weighted by molar-refractivity contribution is 6.36. The molecule has 2 N–H and O–H groups in total. The predicted molar refractivity (Wildman–Crippen MR) is 90.3 cm³/mol. The minimum Gasteiger partial charge on any atom is -0.349 e. The molecule has 2 aliphatic heterocycles. The van der Waals surface area contributed by atoms with E-state index in [4.69, 9.17) is 23.2 Å². The van der Waals surface area contributed by atoms with E-state index in [0.29, 0.717) is 35.0 Å². The van der Waals surface area contributed by atoms with Crippen LogP contribution >= 0.6 is 23.2 Å². The Kier molecular flexibility index (Phi) is 5.14. The molecule has 126 valence electrons. The van der Waals surface area contributed by atoms with Crippen LogP contribution < -0.4 is 10.6 Å². The summed E-state index contributed by atoms with van der Waals surface area (Å²) in [5.74, 6) is -0.137. The second-order valence-electron chi connectivity index (χ2n) is 6.73. The Bertz CT molecular complexity index is 599. The van der Waals surface area contributed by atoms with Gasteiger partial charge in [-0.05, 0) is 50.7 Å². The van der Waals surface area contributed by atoms with E-state index >= 15 is 0 Å². The van der Waals surface area contributed by atoms with Crippen molar-refractivity contribution >= 4 is 29.1 Å². The number of piperidine rings is 1. The van der Waals surface area contributed by atoms with Crippen molar-refractivity contribution < 1.29 is 9.18 Å². The number of halogens is 3. The Morgan fingerprint density at radius 1 is 1.35 bits per heavy atom. The Labute approximate surface area is 145 Å². The number of amides is 1. The van der Waals surface area contributed by atoms with E-state index in [1.54, 1.807) is 6.92 Å². The lowest BCUT2D eigenvalue weighted by atomic mass is 9.89. The number of nitrogens with one attached hydrogen (secondary N) is 2. The molecule has 3 unspecified atom stereocenters. The van der Waals surface area contributed by atoms with Crippen molar-refractivity contribution in [3.05, 3.63) is 33.6 Å². The largest absolute Gasteiger partial charge is 0.349 e. The zero-order valence-corrected chi connectivity index (χ0v) is 14.6. The van der Waals surface area contributed by atoms with E-state index in [0.717, 1.165) is 12.8 Å². The van der Waals surface area contributed by atoms with Crippen LogP contribution in [0.2, 0.25) is 10.0 Å². The fourth-order valence-corrected chi connectivity index (χ4v) is 4.61. The predicted octanol–water partition coefficient (Wildman–Crippen LogP) is 4.23. The molecule has 23 heavy (non-hydrogen) atoms. The summed E-state index contributed by atoms with van der Waals surface area (Å²) in [7, 11) is 0. The number of hydrogen-bond acceptors (Lipinski definition) is 2. The Morgan fingerprint density at radius 2 is 2.00 bits per heavy atom. The number of fused-ring (bicyclic) bond motifs is 2. The van der Waals surface area contributed by atoms with E-state index in [9.17, 15) is 9.18 Å². The first-order chi connectivity index (χ1) is 10.9. The third kappa shape index (κ3) is 3.81. The van der Waals surface area contributed by atoms with Gasteiger partial charge in [-0.25, -0.2) is 4.39 Å². The fourth-order valence-electron chi connectivity index (χ4n) is 3.92. The third-order valence-corrected chi connectivity index (χ3v) is 5.65. The van der Waals surface area contributed by atoms with Crippen molar-refractivity contribution in [1.29, 1.82) is 0 Å². The number of carbonyl (C=O) groups excluding carboxylic acids is 1. The lowest BCUT2D eigenvalue weighted by molar-refractivity contribution is -0.122. The van der Waals surface area contributed by atoms with Crippen LogP contribution in [0.1, 0.15) is 50.6 Å². The molecule has 1 aromatic rings. The van der Waals surface area contributed by atoms with Crippen molar-refractivity contribution in [2.75, 3.05) is 0 Å². The molecule has 2 aliphatic rings. The highest BCUT2D eigenvalue weighted by atomic mass is 35.5. The number of hydrogen-bond donors (Lipinski definition) is 2. The van der Waals surface area contributed by atoms with Gasteiger partial charge in [0.1, 0.15) is 5.82 Å². The van der Waals surface area contributed by atoms with Gasteiger partial charge in [0.2, 0.25) is 5.91 Å². The summed E-state index contributed by atoms with van der Waals surface area (Å²) >= 11 is 12.1. The maximum absolute atomic E-state index is 13.6. The van der Waals surface area contributed by atoms with Crippen molar-refractivity contribution in [2.24, 2.45) is 5.92 Å². The zero-order valence-electron chi connectivity index (χ0n) is 13.0. The normalized spacial score (nSPS) is 27.7. The summed E-state index contributed by atoms with van der Waals surface area (Å²) < 4.78 is 13.6. The van der Waals surface area contributed by atoms with Crippen LogP contribution in [0.5, 0.6) is 0 Å². The SMILES string of the molecule is CC(NC(=O)CC1CC2CCC(C1)N2)c1c(Cl)ccc(F)c1Cl. The summed E-state index contributed by atoms with van der Waals surface area (Å²) in [6.45, 7) is 1.77. The molecule has 0 aromatic heterocycles. The summed E-state index contributed by atoms with van der Waals surface area (Å²) in [4.78, 5) is 12.3. The van der Waals surface area contributed by atoms with Gasteiger partial charge in [0.05, 0.1) is 11.1 Å². The zero-order chi connectivity index (χ0) is 16.6. The molecule has 0 saturated carbocycles. The Balaban J connectivity index is 1.61. The second kappa shape index (κ2) is 6.96. The second-order valence-corrected chi connectivity index (χ2v) is 7.51. The van der Waals surface area contributed by atoms with Gasteiger partial charge >= 0.3 is 0 Å². The standard InChI is InChI=1S/C17H21Cl2FN2O/c1-9(16-13(18)4-5-14(20)17(16)19)21-15(23)8-10-6-11-2-3-12(7-10)22-11/h4-5,9-12,22H,2-3,6-8H2,1H3,(H,21,23). The molecular weight excluding hydrogens is 338 g/mol. The highest BCUT2D eigenvalue weighted by Crippen LogP contribution is 2.34. The smallest absolute Gasteiger partial charge is 0.220 e. The van der Waals surface area contributed by atoms with E-state index < -0.39 is 11.9 Å². The van der Waals surface area contributed by atoms with E-state index in [-0.39, 0.29) is 10.9 Å². The number of benzene rings is 1. The van der Waals surface area contributed by atoms with Crippen LogP contribution in [0.15, 0.2) is 12.1 Å². The Morgan fingerprint density at radius 3 is 2.65 bits per heavy atom. The van der Waals surface area contributed by atoms with Crippen LogP contribution in [0, 0.1) is 11.7 Å². The Hall–Kier alpha value is -0.840. The average molecular weight is 359 g/mol. The summed E-state index contributed by atoms with van der Waals surface area (Å²) in [5, 5.41) is 6.82. The van der Waals surface area contributed by atoms with Gasteiger partial charge in [-0.3, -0.25) is 4.79 Å². The van der Waals surface area contributed by atoms with Gasteiger partial charge in [-0.1, -0.05) is 23.2 Å². The van der Waals surface area contributed by atoms with Crippen LogP contribution in [0.4, 0.5) is 4.39 Å². The molecular formula is C17H21Cl2FN2O. The molecule has 1 amide bonds. The van der Waals surface area contributed by atoms with E-state index in [2.05, 4.69) is 10.6 Å². The molecule has 3 atom stereocenters. The number of carbonyl (C=O) groups is 1. The molecule has 0 spiro atoms. The van der Waals surface area contributed by atoms with Crippen LogP contribution in [-0.4, -0.2) is 18.0 Å². The van der Waals surface area contributed by atoms with Crippen molar-refractivity contribution in [3.63, 3.8) is 0 Å². The van der Waals surface area contributed by atoms with Gasteiger partial charge in [0.15, 0.2) is 0 Å². The molecule has 3 rings (SSSR count). The molecule has 3 nitrogen and oxygen atoms in total. The molecule has 2 fully saturated rings. The van der Waals surface area contributed by atoms with Crippen LogP contribution in [-0.2, 0) is 4.79 Å². The van der Waals surface area contributed by atoms with Crippen LogP contribution in [0.25, 0.3) is 0 Å². The monoisotopic (exact) mass is 358 g/mol. The first-order valence-electron chi connectivity index (χ1n) is 8.13. The topological polar surface area (TPSA) is 41.1 Å². The molecule has 2 heterocycles. The average Bonchev–Trinajstić information content (AvgIpc) is 2.82. The molecule has 2 saturated heterocycles. The van der Waals surface area contributed by atoms with Gasteiger partial charge in [-0.15, -0.1) is 0 Å². The highest BCUT2D eigenvalue weighted by Gasteiger charge is 2.34. The molecule has 1 aromatic carbocycles. The van der Waals surface area contributed by atoms with E-state index in [1.807, 2.05) is 0 Å². The van der Waals surface area contributed by atoms with Gasteiger partial charge in [0, 0.05) is 29.1 Å². The van der Waals surface area contributed by atoms with Crippen molar-refractivity contribution in [1.82, 2.24) is 10.6 Å². The first-order valence-corrected chi connectivity index (χ1v) is 8.88. The molecule has 0 radical (unpaired) electrons. The van der Waals surface area contributed by atoms with Gasteiger partial charge in [-0.2, -0.15) is 0 Å². The first kappa shape index (κ1) is 17.0. The maximum Gasteiger partial charge on any atom is 0.220 e. The molecule has 2 bridgehead atoms. The number of rotatable bonds is 4. The van der Waals surface area contributed by atoms with Crippen molar-refractivity contribution in [2.45, 2.75) is 57.2 Å². The quantitative estimate of drug-likeness (QED) is 0.790. The van der Waals surface area contributed by atoms with Gasteiger partial charge in [0.25, 0.3) is 0 Å². The fraction of sp³-hybridized carbons (Fsp3) is 0.588. The lowest BCUT2D eigenvalue weighted by Gasteiger charge is -2.29. The summed E-state index contributed by atoms with van der Waals surface area (Å²) in [6, 6.07) is 3.41. The summed E-state index contributed by atoms with van der Waals surface area (Å²) in [5.41, 5.74) is 0.437. The van der Waals surface area contributed by atoms with Crippen LogP contribution in [0.3, 0.4) is 0 Å². The minimum atomic E-state index is -0.526. The lowest BCUT2D eigenvalue weighted by Crippen LogP contribution is -2.40. The minimum absolute atomic E-state index is 0.0230.